The van der Waals surface area contributed by atoms with Gasteiger partial charge in [-0.1, -0.05) is 47.0 Å². The Morgan fingerprint density at radius 1 is 1.38 bits per heavy atom. The van der Waals surface area contributed by atoms with Gasteiger partial charge < -0.3 is 0 Å². The lowest BCUT2D eigenvalue weighted by atomic mass is 9.74. The maximum absolute atomic E-state index is 11.8. The first-order valence-corrected chi connectivity index (χ1v) is 5.44. The van der Waals surface area contributed by atoms with Crippen molar-refractivity contribution in [2.75, 3.05) is 0 Å². The predicted molar refractivity (Wildman–Crippen MR) is 55.6 cm³/mol. The number of rotatable bonds is 3. The minimum atomic E-state index is 0.140. The maximum Gasteiger partial charge on any atom is 0.136 e. The van der Waals surface area contributed by atoms with E-state index in [0.29, 0.717) is 5.78 Å². The lowest BCUT2D eigenvalue weighted by Gasteiger charge is -2.30. The molecular weight excluding hydrogens is 160 g/mol. The number of Topliss-reactive ketones (excluding diaryl/α,β-unsaturated/α-hetero) is 1. The van der Waals surface area contributed by atoms with Crippen LogP contribution in [0.25, 0.3) is 0 Å². The van der Waals surface area contributed by atoms with Crippen molar-refractivity contribution in [1.82, 2.24) is 0 Å². The lowest BCUT2D eigenvalue weighted by molar-refractivity contribution is -0.126. The zero-order valence-corrected chi connectivity index (χ0v) is 9.39. The third-order valence-electron chi connectivity index (χ3n) is 3.50. The van der Waals surface area contributed by atoms with Crippen LogP contribution in [0.4, 0.5) is 0 Å². The van der Waals surface area contributed by atoms with Crippen molar-refractivity contribution < 1.29 is 4.79 Å². The number of carbonyl (C=O) groups excluding carboxylic acids is 1. The summed E-state index contributed by atoms with van der Waals surface area (Å²) in [5.74, 6) is 1.41. The van der Waals surface area contributed by atoms with Crippen molar-refractivity contribution in [2.24, 2.45) is 17.3 Å². The van der Waals surface area contributed by atoms with E-state index in [-0.39, 0.29) is 11.3 Å². The highest BCUT2D eigenvalue weighted by Gasteiger charge is 2.29. The zero-order chi connectivity index (χ0) is 10.1. The molecule has 0 amide bonds. The Kier molecular flexibility index (Phi) is 3.15. The van der Waals surface area contributed by atoms with Gasteiger partial charge in [-0.05, 0) is 11.3 Å². The Morgan fingerprint density at radius 3 is 2.23 bits per heavy atom. The number of carbonyl (C=O) groups is 1. The molecule has 1 aliphatic rings. The first-order valence-electron chi connectivity index (χ1n) is 5.44. The fourth-order valence-corrected chi connectivity index (χ4v) is 1.64. The van der Waals surface area contributed by atoms with Crippen molar-refractivity contribution in [3.63, 3.8) is 0 Å². The molecular formula is C12H22O. The highest BCUT2D eigenvalue weighted by molar-refractivity contribution is 5.81. The van der Waals surface area contributed by atoms with Crippen LogP contribution in [0, 0.1) is 17.3 Å². The molecule has 0 aromatic carbocycles. The van der Waals surface area contributed by atoms with Crippen molar-refractivity contribution in [1.29, 1.82) is 0 Å². The fourth-order valence-electron chi connectivity index (χ4n) is 1.64. The number of hydrogen-bond acceptors (Lipinski definition) is 1. The molecule has 76 valence electrons. The van der Waals surface area contributed by atoms with Crippen LogP contribution in [0.3, 0.4) is 0 Å². The van der Waals surface area contributed by atoms with Crippen molar-refractivity contribution in [3.05, 3.63) is 0 Å². The molecule has 0 aromatic heterocycles. The largest absolute Gasteiger partial charge is 0.299 e. The molecule has 0 aliphatic heterocycles. The quantitative estimate of drug-likeness (QED) is 0.653. The predicted octanol–water partition coefficient (Wildman–Crippen LogP) is 3.43. The third kappa shape index (κ3) is 2.82. The Hall–Kier alpha value is -0.330. The van der Waals surface area contributed by atoms with E-state index in [4.69, 9.17) is 0 Å². The van der Waals surface area contributed by atoms with Gasteiger partial charge in [0.2, 0.25) is 0 Å². The average molecular weight is 182 g/mol. The van der Waals surface area contributed by atoms with Gasteiger partial charge in [0, 0.05) is 12.3 Å². The molecule has 1 rings (SSSR count). The summed E-state index contributed by atoms with van der Waals surface area (Å²) in [4.78, 5) is 11.8. The maximum atomic E-state index is 11.8. The molecule has 0 saturated heterocycles. The van der Waals surface area contributed by atoms with Crippen LogP contribution in [0.15, 0.2) is 0 Å². The summed E-state index contributed by atoms with van der Waals surface area (Å²) in [6.07, 6.45) is 4.73. The Morgan fingerprint density at radius 2 is 1.92 bits per heavy atom. The summed E-state index contributed by atoms with van der Waals surface area (Å²) < 4.78 is 0. The summed E-state index contributed by atoms with van der Waals surface area (Å²) in [5, 5.41) is 0. The van der Waals surface area contributed by atoms with E-state index in [9.17, 15) is 4.79 Å². The Bertz CT molecular complexity index is 184. The van der Waals surface area contributed by atoms with Crippen molar-refractivity contribution in [3.8, 4) is 0 Å². The average Bonchev–Trinajstić information content (AvgIpc) is 1.93. The van der Waals surface area contributed by atoms with Crippen LogP contribution in [-0.4, -0.2) is 5.78 Å². The van der Waals surface area contributed by atoms with Crippen LogP contribution in [0.2, 0.25) is 0 Å². The van der Waals surface area contributed by atoms with E-state index in [0.717, 1.165) is 12.3 Å². The van der Waals surface area contributed by atoms with E-state index in [2.05, 4.69) is 27.7 Å². The molecule has 0 bridgehead atoms. The standard InChI is InChI=1S/C12H22O/c1-9(12(2,3)4)11(13)8-10-6-5-7-10/h9-10H,5-8H2,1-4H3/t9-/m1/s1. The van der Waals surface area contributed by atoms with Crippen LogP contribution >= 0.6 is 0 Å². The Balaban J connectivity index is 2.37. The van der Waals surface area contributed by atoms with Gasteiger partial charge in [0.1, 0.15) is 5.78 Å². The van der Waals surface area contributed by atoms with Crippen LogP contribution in [-0.2, 0) is 4.79 Å². The molecule has 1 heteroatoms. The lowest BCUT2D eigenvalue weighted by Crippen LogP contribution is -2.28. The number of ketones is 1. The van der Waals surface area contributed by atoms with Crippen LogP contribution in [0.1, 0.15) is 53.4 Å². The van der Waals surface area contributed by atoms with E-state index in [1.807, 2.05) is 0 Å². The van der Waals surface area contributed by atoms with Crippen LogP contribution in [0.5, 0.6) is 0 Å². The highest BCUT2D eigenvalue weighted by atomic mass is 16.1. The second kappa shape index (κ2) is 3.81. The van der Waals surface area contributed by atoms with E-state index in [1.54, 1.807) is 0 Å². The van der Waals surface area contributed by atoms with Gasteiger partial charge >= 0.3 is 0 Å². The Labute approximate surface area is 81.9 Å². The SMILES string of the molecule is C[C@H](C(=O)CC1CCC1)C(C)(C)C. The van der Waals surface area contributed by atoms with Crippen molar-refractivity contribution in [2.45, 2.75) is 53.4 Å². The minimum Gasteiger partial charge on any atom is -0.299 e. The van der Waals surface area contributed by atoms with E-state index >= 15 is 0 Å². The summed E-state index contributed by atoms with van der Waals surface area (Å²) in [5.41, 5.74) is 0.140. The van der Waals surface area contributed by atoms with E-state index < -0.39 is 0 Å². The topological polar surface area (TPSA) is 17.1 Å². The molecule has 0 radical (unpaired) electrons. The van der Waals surface area contributed by atoms with Crippen LogP contribution < -0.4 is 0 Å². The minimum absolute atomic E-state index is 0.140. The zero-order valence-electron chi connectivity index (χ0n) is 9.39. The summed E-state index contributed by atoms with van der Waals surface area (Å²) in [6, 6.07) is 0. The van der Waals surface area contributed by atoms with Gasteiger partial charge in [0.15, 0.2) is 0 Å². The monoisotopic (exact) mass is 182 g/mol. The highest BCUT2D eigenvalue weighted by Crippen LogP contribution is 2.33. The fraction of sp³-hybridized carbons (Fsp3) is 0.917. The molecule has 0 N–H and O–H groups in total. The molecule has 13 heavy (non-hydrogen) atoms. The molecule has 1 atom stereocenters. The molecule has 0 aromatic rings. The van der Waals surface area contributed by atoms with Gasteiger partial charge in [-0.3, -0.25) is 4.79 Å². The smallest absolute Gasteiger partial charge is 0.136 e. The van der Waals surface area contributed by atoms with E-state index in [1.165, 1.54) is 19.3 Å². The number of hydrogen-bond donors (Lipinski definition) is 0. The van der Waals surface area contributed by atoms with Gasteiger partial charge in [-0.15, -0.1) is 0 Å². The molecule has 1 nitrogen and oxygen atoms in total. The normalized spacial score (nSPS) is 20.9. The molecule has 1 saturated carbocycles. The van der Waals surface area contributed by atoms with Crippen molar-refractivity contribution >= 4 is 5.78 Å². The summed E-state index contributed by atoms with van der Waals surface area (Å²) >= 11 is 0. The molecule has 1 aliphatic carbocycles. The first kappa shape index (κ1) is 10.7. The molecule has 0 spiro atoms. The third-order valence-corrected chi connectivity index (χ3v) is 3.50. The molecule has 0 heterocycles. The first-order chi connectivity index (χ1) is 5.91. The van der Waals surface area contributed by atoms with Gasteiger partial charge in [0.05, 0.1) is 0 Å². The van der Waals surface area contributed by atoms with Gasteiger partial charge in [-0.25, -0.2) is 0 Å². The summed E-state index contributed by atoms with van der Waals surface area (Å²) in [6.45, 7) is 8.52. The molecule has 0 unspecified atom stereocenters. The van der Waals surface area contributed by atoms with Gasteiger partial charge in [-0.2, -0.15) is 0 Å². The second-order valence-electron chi connectivity index (χ2n) is 5.56. The second-order valence-corrected chi connectivity index (χ2v) is 5.56. The summed E-state index contributed by atoms with van der Waals surface area (Å²) in [7, 11) is 0. The van der Waals surface area contributed by atoms with Gasteiger partial charge in [0.25, 0.3) is 0 Å². The molecule has 1 fully saturated rings.